The van der Waals surface area contributed by atoms with E-state index in [1.54, 1.807) is 12.1 Å². The summed E-state index contributed by atoms with van der Waals surface area (Å²) in [5.41, 5.74) is 0.264. The number of para-hydroxylation sites is 1. The number of rotatable bonds is 8. The highest BCUT2D eigenvalue weighted by Gasteiger charge is 2.06. The number of aldehydes is 1. The van der Waals surface area contributed by atoms with Gasteiger partial charge in [-0.25, -0.2) is 9.59 Å². The second kappa shape index (κ2) is 9.50. The Bertz CT molecular complexity index is 546. The molecular weight excluding hydrogens is 284 g/mol. The van der Waals surface area contributed by atoms with Crippen molar-refractivity contribution in [3.05, 3.63) is 42.0 Å². The van der Waals surface area contributed by atoms with Gasteiger partial charge in [0.05, 0.1) is 12.2 Å². The number of ether oxygens (including phenoxy) is 2. The molecule has 0 aliphatic heterocycles. The standard InChI is InChI=1S/C17H20O5/c1-13(2)6-5-11-21-16(19)9-10-17(20)22-15-8-4-3-7-14(15)12-18/h3-4,7-10,12-13H,5-6,11H2,1-2H3/b10-9+. The Hall–Kier alpha value is -2.43. The van der Waals surface area contributed by atoms with Crippen molar-refractivity contribution in [3.63, 3.8) is 0 Å². The zero-order valence-electron chi connectivity index (χ0n) is 12.8. The first-order valence-electron chi connectivity index (χ1n) is 7.13. The van der Waals surface area contributed by atoms with Crippen molar-refractivity contribution in [2.45, 2.75) is 26.7 Å². The van der Waals surface area contributed by atoms with Gasteiger partial charge in [-0.05, 0) is 30.9 Å². The van der Waals surface area contributed by atoms with Gasteiger partial charge in [0.1, 0.15) is 5.75 Å². The summed E-state index contributed by atoms with van der Waals surface area (Å²) in [6, 6.07) is 6.33. The average molecular weight is 304 g/mol. The van der Waals surface area contributed by atoms with Gasteiger partial charge in [-0.1, -0.05) is 26.0 Å². The lowest BCUT2D eigenvalue weighted by Gasteiger charge is -2.05. The van der Waals surface area contributed by atoms with Crippen LogP contribution < -0.4 is 4.74 Å². The summed E-state index contributed by atoms with van der Waals surface area (Å²) >= 11 is 0. The lowest BCUT2D eigenvalue weighted by atomic mass is 10.1. The minimum Gasteiger partial charge on any atom is -0.463 e. The molecule has 1 rings (SSSR count). The van der Waals surface area contributed by atoms with Crippen LogP contribution in [0.5, 0.6) is 5.75 Å². The number of carbonyl (C=O) groups is 3. The van der Waals surface area contributed by atoms with Gasteiger partial charge in [-0.2, -0.15) is 0 Å². The highest BCUT2D eigenvalue weighted by Crippen LogP contribution is 2.15. The minimum absolute atomic E-state index is 0.150. The van der Waals surface area contributed by atoms with Crippen molar-refractivity contribution in [1.82, 2.24) is 0 Å². The van der Waals surface area contributed by atoms with Crippen LogP contribution in [-0.4, -0.2) is 24.8 Å². The normalized spacial score (nSPS) is 10.7. The number of carbonyl (C=O) groups excluding carboxylic acids is 3. The van der Waals surface area contributed by atoms with Gasteiger partial charge < -0.3 is 9.47 Å². The van der Waals surface area contributed by atoms with Gasteiger partial charge in [0, 0.05) is 12.2 Å². The molecular formula is C17H20O5. The molecule has 1 aromatic carbocycles. The highest BCUT2D eigenvalue weighted by molar-refractivity contribution is 5.93. The van der Waals surface area contributed by atoms with Crippen LogP contribution in [0.25, 0.3) is 0 Å². The van der Waals surface area contributed by atoms with E-state index in [9.17, 15) is 14.4 Å². The maximum Gasteiger partial charge on any atom is 0.336 e. The largest absolute Gasteiger partial charge is 0.463 e. The fourth-order valence-electron chi connectivity index (χ4n) is 1.66. The molecule has 0 atom stereocenters. The van der Waals surface area contributed by atoms with E-state index in [0.29, 0.717) is 18.8 Å². The first kappa shape index (κ1) is 17.6. The van der Waals surface area contributed by atoms with E-state index in [-0.39, 0.29) is 11.3 Å². The van der Waals surface area contributed by atoms with Crippen LogP contribution in [0.4, 0.5) is 0 Å². The van der Waals surface area contributed by atoms with Crippen molar-refractivity contribution < 1.29 is 23.9 Å². The molecule has 0 aliphatic carbocycles. The van der Waals surface area contributed by atoms with E-state index in [1.165, 1.54) is 12.1 Å². The van der Waals surface area contributed by atoms with Crippen molar-refractivity contribution in [3.8, 4) is 5.75 Å². The van der Waals surface area contributed by atoms with Crippen LogP contribution in [0.15, 0.2) is 36.4 Å². The molecule has 0 heterocycles. The van der Waals surface area contributed by atoms with Crippen LogP contribution in [-0.2, 0) is 14.3 Å². The minimum atomic E-state index is -0.742. The monoisotopic (exact) mass is 304 g/mol. The van der Waals surface area contributed by atoms with Gasteiger partial charge in [-0.3, -0.25) is 4.79 Å². The summed E-state index contributed by atoms with van der Waals surface area (Å²) in [7, 11) is 0. The number of benzene rings is 1. The van der Waals surface area contributed by atoms with Crippen LogP contribution in [0.3, 0.4) is 0 Å². The maximum absolute atomic E-state index is 11.6. The number of esters is 2. The highest BCUT2D eigenvalue weighted by atomic mass is 16.5. The zero-order valence-corrected chi connectivity index (χ0v) is 12.8. The van der Waals surface area contributed by atoms with Crippen LogP contribution in [0.1, 0.15) is 37.0 Å². The van der Waals surface area contributed by atoms with E-state index in [1.807, 2.05) is 0 Å². The Labute approximate surface area is 129 Å². The molecule has 0 amide bonds. The van der Waals surface area contributed by atoms with E-state index in [2.05, 4.69) is 13.8 Å². The van der Waals surface area contributed by atoms with E-state index < -0.39 is 11.9 Å². The third kappa shape index (κ3) is 6.83. The zero-order chi connectivity index (χ0) is 16.4. The molecule has 0 fully saturated rings. The Morgan fingerprint density at radius 3 is 2.50 bits per heavy atom. The second-order valence-electron chi connectivity index (χ2n) is 5.11. The van der Waals surface area contributed by atoms with E-state index in [4.69, 9.17) is 9.47 Å². The number of hydrogen-bond donors (Lipinski definition) is 0. The molecule has 0 spiro atoms. The Balaban J connectivity index is 2.40. The quantitative estimate of drug-likeness (QED) is 0.243. The van der Waals surface area contributed by atoms with Crippen molar-refractivity contribution in [2.75, 3.05) is 6.61 Å². The lowest BCUT2D eigenvalue weighted by Crippen LogP contribution is -2.08. The SMILES string of the molecule is CC(C)CCCOC(=O)/C=C/C(=O)Oc1ccccc1C=O. The van der Waals surface area contributed by atoms with Crippen LogP contribution in [0, 0.1) is 5.92 Å². The Morgan fingerprint density at radius 1 is 1.14 bits per heavy atom. The van der Waals surface area contributed by atoms with Crippen LogP contribution in [0.2, 0.25) is 0 Å². The van der Waals surface area contributed by atoms with Crippen molar-refractivity contribution in [1.29, 1.82) is 0 Å². The average Bonchev–Trinajstić information content (AvgIpc) is 2.50. The molecule has 22 heavy (non-hydrogen) atoms. The molecule has 0 bridgehead atoms. The van der Waals surface area contributed by atoms with Crippen molar-refractivity contribution in [2.24, 2.45) is 5.92 Å². The van der Waals surface area contributed by atoms with E-state index >= 15 is 0 Å². The summed E-state index contributed by atoms with van der Waals surface area (Å²) in [4.78, 5) is 33.8. The maximum atomic E-state index is 11.6. The molecule has 0 aliphatic rings. The molecule has 0 saturated heterocycles. The van der Waals surface area contributed by atoms with E-state index in [0.717, 1.165) is 25.0 Å². The first-order chi connectivity index (χ1) is 10.5. The summed E-state index contributed by atoms with van der Waals surface area (Å²) in [6.07, 6.45) is 4.35. The first-order valence-corrected chi connectivity index (χ1v) is 7.13. The Kier molecular flexibility index (Phi) is 7.61. The molecule has 0 unspecified atom stereocenters. The second-order valence-corrected chi connectivity index (χ2v) is 5.11. The van der Waals surface area contributed by atoms with Gasteiger partial charge in [0.25, 0.3) is 0 Å². The third-order valence-electron chi connectivity index (χ3n) is 2.78. The molecule has 0 N–H and O–H groups in total. The molecule has 0 aromatic heterocycles. The number of hydrogen-bond acceptors (Lipinski definition) is 5. The molecule has 5 heteroatoms. The summed E-state index contributed by atoms with van der Waals surface area (Å²) in [6.45, 7) is 4.51. The molecule has 118 valence electrons. The Morgan fingerprint density at radius 2 is 1.82 bits per heavy atom. The fourth-order valence-corrected chi connectivity index (χ4v) is 1.66. The predicted molar refractivity (Wildman–Crippen MR) is 81.6 cm³/mol. The predicted octanol–water partition coefficient (Wildman–Crippen LogP) is 2.94. The van der Waals surface area contributed by atoms with Gasteiger partial charge in [0.15, 0.2) is 6.29 Å². The van der Waals surface area contributed by atoms with Gasteiger partial charge in [-0.15, -0.1) is 0 Å². The molecule has 0 saturated carbocycles. The summed E-state index contributed by atoms with van der Waals surface area (Å²) < 4.78 is 9.93. The summed E-state index contributed by atoms with van der Waals surface area (Å²) in [5.74, 6) is -0.627. The fraction of sp³-hybridized carbons (Fsp3) is 0.353. The van der Waals surface area contributed by atoms with Crippen molar-refractivity contribution >= 4 is 18.2 Å². The third-order valence-corrected chi connectivity index (χ3v) is 2.78. The topological polar surface area (TPSA) is 69.7 Å². The van der Waals surface area contributed by atoms with Crippen LogP contribution >= 0.6 is 0 Å². The van der Waals surface area contributed by atoms with Gasteiger partial charge >= 0.3 is 11.9 Å². The lowest BCUT2D eigenvalue weighted by molar-refractivity contribution is -0.138. The molecule has 0 radical (unpaired) electrons. The van der Waals surface area contributed by atoms with Gasteiger partial charge in [0.2, 0.25) is 0 Å². The molecule has 5 nitrogen and oxygen atoms in total. The molecule has 1 aromatic rings. The smallest absolute Gasteiger partial charge is 0.336 e. The summed E-state index contributed by atoms with van der Waals surface area (Å²) in [5, 5.41) is 0.